The fraction of sp³-hybridized carbons (Fsp3) is 0.286. The fourth-order valence-corrected chi connectivity index (χ4v) is 2.99. The van der Waals surface area contributed by atoms with Crippen molar-refractivity contribution in [1.82, 2.24) is 4.90 Å². The molecule has 1 heterocycles. The molecule has 2 aromatic rings. The van der Waals surface area contributed by atoms with E-state index in [-0.39, 0.29) is 25.1 Å². The second-order valence-electron chi connectivity index (χ2n) is 6.64. The summed E-state index contributed by atoms with van der Waals surface area (Å²) in [7, 11) is 0. The lowest BCUT2D eigenvalue weighted by molar-refractivity contribution is -0.147. The molecule has 1 saturated heterocycles. The van der Waals surface area contributed by atoms with Gasteiger partial charge in [-0.2, -0.15) is 0 Å². The van der Waals surface area contributed by atoms with Crippen LogP contribution in [-0.4, -0.2) is 53.1 Å². The average Bonchev–Trinajstić information content (AvgIpc) is 3.13. The second-order valence-corrected chi connectivity index (χ2v) is 6.64. The normalized spacial score (nSPS) is 18.3. The quantitative estimate of drug-likeness (QED) is 0.590. The van der Waals surface area contributed by atoms with E-state index < -0.39 is 42.4 Å². The first-order valence-electron chi connectivity index (χ1n) is 9.05. The Morgan fingerprint density at radius 3 is 2.41 bits per heavy atom. The first kappa shape index (κ1) is 20.5. The van der Waals surface area contributed by atoms with Crippen LogP contribution in [0.25, 0.3) is 0 Å². The molecule has 0 aromatic heterocycles. The molecule has 1 N–H and O–H groups in total. The number of aliphatic hydroxyl groups excluding tert-OH is 1. The predicted molar refractivity (Wildman–Crippen MR) is 99.4 cm³/mol. The van der Waals surface area contributed by atoms with Gasteiger partial charge in [0.1, 0.15) is 18.5 Å². The molecule has 1 amide bonds. The molecule has 2 atom stereocenters. The Morgan fingerprint density at radius 1 is 1.03 bits per heavy atom. The van der Waals surface area contributed by atoms with Gasteiger partial charge in [-0.3, -0.25) is 9.69 Å². The van der Waals surface area contributed by atoms with Crippen molar-refractivity contribution in [3.05, 3.63) is 71.5 Å². The van der Waals surface area contributed by atoms with Gasteiger partial charge in [-0.05, 0) is 29.8 Å². The lowest BCUT2D eigenvalue weighted by atomic mass is 10.1. The Balaban J connectivity index is 1.55. The summed E-state index contributed by atoms with van der Waals surface area (Å²) in [5.41, 5.74) is 0.981. The highest BCUT2D eigenvalue weighted by molar-refractivity contribution is 5.98. The van der Waals surface area contributed by atoms with Gasteiger partial charge < -0.3 is 14.6 Å². The van der Waals surface area contributed by atoms with Crippen LogP contribution in [0.3, 0.4) is 0 Å². The number of esters is 1. The van der Waals surface area contributed by atoms with Crippen molar-refractivity contribution >= 4 is 17.8 Å². The topological polar surface area (TPSA) is 93.1 Å². The number of likely N-dealkylation sites (tertiary alicyclic amines) is 1. The second kappa shape index (κ2) is 9.29. The van der Waals surface area contributed by atoms with E-state index in [1.54, 1.807) is 24.3 Å². The molecule has 0 spiro atoms. The highest BCUT2D eigenvalue weighted by Gasteiger charge is 2.41. The molecule has 0 saturated carbocycles. The molecule has 3 rings (SSSR count). The van der Waals surface area contributed by atoms with Gasteiger partial charge in [-0.25, -0.2) is 14.0 Å². The lowest BCUT2D eigenvalue weighted by Gasteiger charge is -2.22. The van der Waals surface area contributed by atoms with Crippen LogP contribution in [0.5, 0.6) is 0 Å². The van der Waals surface area contributed by atoms with Crippen molar-refractivity contribution in [1.29, 1.82) is 0 Å². The number of ether oxygens (including phenoxy) is 2. The third-order valence-corrected chi connectivity index (χ3v) is 4.50. The van der Waals surface area contributed by atoms with E-state index >= 15 is 0 Å². The molecule has 2 aromatic carbocycles. The van der Waals surface area contributed by atoms with E-state index in [4.69, 9.17) is 9.47 Å². The Kier molecular flexibility index (Phi) is 6.56. The zero-order valence-corrected chi connectivity index (χ0v) is 15.5. The van der Waals surface area contributed by atoms with Crippen LogP contribution in [-0.2, 0) is 20.9 Å². The largest absolute Gasteiger partial charge is 0.456 e. The zero-order valence-electron chi connectivity index (χ0n) is 15.5. The molecule has 0 radical (unpaired) electrons. The van der Waals surface area contributed by atoms with Gasteiger partial charge in [0.25, 0.3) is 0 Å². The maximum atomic E-state index is 12.9. The molecule has 1 fully saturated rings. The minimum atomic E-state index is -1.05. The molecule has 29 heavy (non-hydrogen) atoms. The van der Waals surface area contributed by atoms with E-state index in [2.05, 4.69) is 0 Å². The summed E-state index contributed by atoms with van der Waals surface area (Å²) in [6.45, 7) is -0.597. The molecule has 152 valence electrons. The average molecular weight is 401 g/mol. The predicted octanol–water partition coefficient (Wildman–Crippen LogP) is 2.32. The number of amides is 1. The van der Waals surface area contributed by atoms with Gasteiger partial charge in [-0.15, -0.1) is 0 Å². The first-order chi connectivity index (χ1) is 13.9. The first-order valence-corrected chi connectivity index (χ1v) is 9.05. The number of ketones is 1. The standard InChI is InChI=1S/C21H20FNO6/c22-16-8-6-15(7-9-16)19(25)13-28-20(26)18-10-17(24)11-23(18)21(27)29-12-14-4-2-1-3-5-14/h1-9,17-18,24H,10-13H2/t17-,18-/m0/s1. The maximum Gasteiger partial charge on any atom is 0.410 e. The molecule has 1 aliphatic heterocycles. The van der Waals surface area contributed by atoms with Gasteiger partial charge in [0, 0.05) is 12.0 Å². The Hall–Kier alpha value is -3.26. The van der Waals surface area contributed by atoms with E-state index in [1.807, 2.05) is 6.07 Å². The third kappa shape index (κ3) is 5.39. The minimum Gasteiger partial charge on any atom is -0.456 e. The van der Waals surface area contributed by atoms with E-state index in [9.17, 15) is 23.9 Å². The number of rotatable bonds is 6. The number of carbonyl (C=O) groups excluding carboxylic acids is 3. The number of aliphatic hydroxyl groups is 1. The van der Waals surface area contributed by atoms with Crippen molar-refractivity contribution < 1.29 is 33.4 Å². The van der Waals surface area contributed by atoms with E-state index in [0.717, 1.165) is 22.6 Å². The molecule has 0 aliphatic carbocycles. The van der Waals surface area contributed by atoms with Gasteiger partial charge in [0.05, 0.1) is 12.6 Å². The van der Waals surface area contributed by atoms with Crippen molar-refractivity contribution in [2.75, 3.05) is 13.2 Å². The summed E-state index contributed by atoms with van der Waals surface area (Å²) in [6, 6.07) is 12.8. The third-order valence-electron chi connectivity index (χ3n) is 4.50. The minimum absolute atomic E-state index is 0.00991. The molecule has 1 aliphatic rings. The summed E-state index contributed by atoms with van der Waals surface area (Å²) >= 11 is 0. The van der Waals surface area contributed by atoms with Gasteiger partial charge >= 0.3 is 12.1 Å². The van der Waals surface area contributed by atoms with Crippen molar-refractivity contribution in [3.8, 4) is 0 Å². The van der Waals surface area contributed by atoms with Crippen molar-refractivity contribution in [2.45, 2.75) is 25.2 Å². The lowest BCUT2D eigenvalue weighted by Crippen LogP contribution is -2.42. The molecular weight excluding hydrogens is 381 g/mol. The molecule has 0 unspecified atom stereocenters. The molecular formula is C21H20FNO6. The molecule has 8 heteroatoms. The number of β-amino-alcohol motifs (C(OH)–C–C–N with tert-alkyl or cyclic N) is 1. The van der Waals surface area contributed by atoms with Crippen LogP contribution in [0.4, 0.5) is 9.18 Å². The zero-order chi connectivity index (χ0) is 20.8. The highest BCUT2D eigenvalue weighted by atomic mass is 19.1. The molecule has 0 bridgehead atoms. The number of hydrogen-bond donors (Lipinski definition) is 1. The number of benzene rings is 2. The van der Waals surface area contributed by atoms with Crippen molar-refractivity contribution in [2.24, 2.45) is 0 Å². The van der Waals surface area contributed by atoms with Gasteiger partial charge in [-0.1, -0.05) is 30.3 Å². The number of carbonyl (C=O) groups is 3. The summed E-state index contributed by atoms with van der Waals surface area (Å²) in [6.07, 6.45) is -1.66. The monoisotopic (exact) mass is 401 g/mol. The summed E-state index contributed by atoms with van der Waals surface area (Å²) < 4.78 is 23.2. The highest BCUT2D eigenvalue weighted by Crippen LogP contribution is 2.21. The summed E-state index contributed by atoms with van der Waals surface area (Å²) in [5.74, 6) is -1.80. The van der Waals surface area contributed by atoms with E-state index in [1.165, 1.54) is 12.1 Å². The smallest absolute Gasteiger partial charge is 0.410 e. The molecule has 7 nitrogen and oxygen atoms in total. The number of halogens is 1. The maximum absolute atomic E-state index is 12.9. The van der Waals surface area contributed by atoms with Crippen LogP contribution in [0.15, 0.2) is 54.6 Å². The van der Waals surface area contributed by atoms with Crippen LogP contribution in [0, 0.1) is 5.82 Å². The Bertz CT molecular complexity index is 870. The van der Waals surface area contributed by atoms with E-state index in [0.29, 0.717) is 0 Å². The van der Waals surface area contributed by atoms with Crippen LogP contribution in [0.2, 0.25) is 0 Å². The number of Topliss-reactive ketones (excluding diaryl/α,β-unsaturated/α-hetero) is 1. The van der Waals surface area contributed by atoms with Crippen molar-refractivity contribution in [3.63, 3.8) is 0 Å². The van der Waals surface area contributed by atoms with Gasteiger partial charge in [0.15, 0.2) is 12.4 Å². The summed E-state index contributed by atoms with van der Waals surface area (Å²) in [5, 5.41) is 9.87. The SMILES string of the molecule is O=C(COC(=O)[C@@H]1C[C@H](O)CN1C(=O)OCc1ccccc1)c1ccc(F)cc1. The van der Waals surface area contributed by atoms with Crippen LogP contribution >= 0.6 is 0 Å². The number of hydrogen-bond acceptors (Lipinski definition) is 6. The Labute approximate surface area is 166 Å². The van der Waals surface area contributed by atoms with Gasteiger partial charge in [0.2, 0.25) is 0 Å². The fourth-order valence-electron chi connectivity index (χ4n) is 2.99. The van der Waals surface area contributed by atoms with Crippen LogP contribution < -0.4 is 0 Å². The number of nitrogens with zero attached hydrogens (tertiary/aromatic N) is 1. The summed E-state index contributed by atoms with van der Waals surface area (Å²) in [4.78, 5) is 37.9. The Morgan fingerprint density at radius 2 is 1.72 bits per heavy atom. The van der Waals surface area contributed by atoms with Crippen LogP contribution in [0.1, 0.15) is 22.3 Å².